The number of anilines is 1. The van der Waals surface area contributed by atoms with Crippen LogP contribution in [0.3, 0.4) is 0 Å². The van der Waals surface area contributed by atoms with Crippen LogP contribution in [0.4, 0.5) is 5.69 Å². The zero-order chi connectivity index (χ0) is 17.7. The number of nitrogens with zero attached hydrogens (tertiary/aromatic N) is 1. The van der Waals surface area contributed by atoms with Crippen LogP contribution in [0.15, 0.2) is 46.4 Å². The van der Waals surface area contributed by atoms with Crippen LogP contribution >= 0.6 is 15.9 Å². The van der Waals surface area contributed by atoms with Crippen LogP contribution in [0, 0.1) is 18.3 Å². The maximum Gasteiger partial charge on any atom is 0.266 e. The number of para-hydroxylation sites is 1. The molecule has 5 nitrogen and oxygen atoms in total. The van der Waals surface area contributed by atoms with Crippen molar-refractivity contribution in [3.8, 4) is 17.6 Å². The number of amides is 1. The van der Waals surface area contributed by atoms with Crippen molar-refractivity contribution >= 4 is 33.6 Å². The number of aryl methyl sites for hydroxylation is 1. The second kappa shape index (κ2) is 7.66. The predicted molar refractivity (Wildman–Crippen MR) is 95.8 cm³/mol. The topological polar surface area (TPSA) is 82.3 Å². The standard InChI is InChI=1S/C18H15BrN2O3/c1-11-5-3-4-6-15(11)21-18(23)13(10-20)7-12-8-17(24-2)16(22)9-14(12)19/h3-9,22H,1-2H3,(H,21,23). The first-order valence-corrected chi connectivity index (χ1v) is 7.81. The lowest BCUT2D eigenvalue weighted by atomic mass is 10.1. The molecule has 2 aromatic rings. The Morgan fingerprint density at radius 1 is 1.38 bits per heavy atom. The molecular formula is C18H15BrN2O3. The summed E-state index contributed by atoms with van der Waals surface area (Å²) >= 11 is 3.29. The lowest BCUT2D eigenvalue weighted by Crippen LogP contribution is -2.14. The van der Waals surface area contributed by atoms with Crippen molar-refractivity contribution in [1.82, 2.24) is 0 Å². The van der Waals surface area contributed by atoms with Crippen molar-refractivity contribution < 1.29 is 14.6 Å². The molecule has 0 bridgehead atoms. The molecule has 0 saturated heterocycles. The zero-order valence-electron chi connectivity index (χ0n) is 13.1. The Morgan fingerprint density at radius 2 is 2.08 bits per heavy atom. The number of nitrogens with one attached hydrogen (secondary N) is 1. The van der Waals surface area contributed by atoms with E-state index in [4.69, 9.17) is 4.74 Å². The Hall–Kier alpha value is -2.78. The van der Waals surface area contributed by atoms with E-state index in [1.807, 2.05) is 25.1 Å². The fourth-order valence-electron chi connectivity index (χ4n) is 2.04. The number of phenols is 1. The number of hydrogen-bond donors (Lipinski definition) is 2. The van der Waals surface area contributed by atoms with Gasteiger partial charge in [-0.15, -0.1) is 0 Å². The molecule has 6 heteroatoms. The Labute approximate surface area is 148 Å². The number of aromatic hydroxyl groups is 1. The third-order valence-corrected chi connectivity index (χ3v) is 4.04. The van der Waals surface area contributed by atoms with Gasteiger partial charge in [0.25, 0.3) is 5.91 Å². The molecule has 2 aromatic carbocycles. The van der Waals surface area contributed by atoms with E-state index in [-0.39, 0.29) is 17.1 Å². The number of rotatable bonds is 4. The molecule has 0 heterocycles. The molecule has 122 valence electrons. The van der Waals surface area contributed by atoms with Gasteiger partial charge in [-0.25, -0.2) is 0 Å². The number of nitriles is 1. The normalized spacial score (nSPS) is 10.8. The third-order valence-electron chi connectivity index (χ3n) is 3.36. The van der Waals surface area contributed by atoms with Crippen molar-refractivity contribution in [3.05, 3.63) is 57.6 Å². The highest BCUT2D eigenvalue weighted by atomic mass is 79.9. The Kier molecular flexibility index (Phi) is 5.61. The van der Waals surface area contributed by atoms with Crippen LogP contribution < -0.4 is 10.1 Å². The summed E-state index contributed by atoms with van der Waals surface area (Å²) in [7, 11) is 1.42. The summed E-state index contributed by atoms with van der Waals surface area (Å²) < 4.78 is 5.58. The summed E-state index contributed by atoms with van der Waals surface area (Å²) in [4.78, 5) is 12.3. The SMILES string of the molecule is COc1cc(C=C(C#N)C(=O)Nc2ccccc2C)c(Br)cc1O. The smallest absolute Gasteiger partial charge is 0.266 e. The molecule has 0 aromatic heterocycles. The first-order chi connectivity index (χ1) is 11.5. The van der Waals surface area contributed by atoms with Crippen LogP contribution in [0.5, 0.6) is 11.5 Å². The lowest BCUT2D eigenvalue weighted by Gasteiger charge is -2.09. The minimum Gasteiger partial charge on any atom is -0.504 e. The number of methoxy groups -OCH3 is 1. The van der Waals surface area contributed by atoms with Gasteiger partial charge in [-0.3, -0.25) is 4.79 Å². The molecule has 0 aliphatic heterocycles. The lowest BCUT2D eigenvalue weighted by molar-refractivity contribution is -0.112. The molecule has 2 rings (SSSR count). The average molecular weight is 387 g/mol. The van der Waals surface area contributed by atoms with E-state index >= 15 is 0 Å². The molecule has 0 aliphatic rings. The number of hydrogen-bond acceptors (Lipinski definition) is 4. The molecular weight excluding hydrogens is 372 g/mol. The van der Waals surface area contributed by atoms with Gasteiger partial charge in [0.05, 0.1) is 7.11 Å². The molecule has 2 N–H and O–H groups in total. The molecule has 0 radical (unpaired) electrons. The summed E-state index contributed by atoms with van der Waals surface area (Å²) in [5, 5.41) is 21.7. The van der Waals surface area contributed by atoms with Crippen molar-refractivity contribution in [2.75, 3.05) is 12.4 Å². The van der Waals surface area contributed by atoms with Gasteiger partial charge in [-0.2, -0.15) is 5.26 Å². The van der Waals surface area contributed by atoms with Gasteiger partial charge >= 0.3 is 0 Å². The highest BCUT2D eigenvalue weighted by molar-refractivity contribution is 9.10. The molecule has 0 saturated carbocycles. The Morgan fingerprint density at radius 3 is 2.71 bits per heavy atom. The number of halogens is 1. The number of benzene rings is 2. The van der Waals surface area contributed by atoms with E-state index in [0.29, 0.717) is 15.7 Å². The second-order valence-electron chi connectivity index (χ2n) is 4.98. The van der Waals surface area contributed by atoms with Crippen LogP contribution in [-0.2, 0) is 4.79 Å². The average Bonchev–Trinajstić information content (AvgIpc) is 2.56. The predicted octanol–water partition coefficient (Wildman–Crippen LogP) is 4.02. The van der Waals surface area contributed by atoms with Crippen molar-refractivity contribution in [1.29, 1.82) is 5.26 Å². The minimum atomic E-state index is -0.509. The fraction of sp³-hybridized carbons (Fsp3) is 0.111. The van der Waals surface area contributed by atoms with Gasteiger partial charge in [0.2, 0.25) is 0 Å². The zero-order valence-corrected chi connectivity index (χ0v) is 14.7. The highest BCUT2D eigenvalue weighted by Gasteiger charge is 2.13. The van der Waals surface area contributed by atoms with Gasteiger partial charge in [0.1, 0.15) is 11.6 Å². The van der Waals surface area contributed by atoms with Gasteiger partial charge in [-0.1, -0.05) is 34.1 Å². The number of ether oxygens (including phenoxy) is 1. The first kappa shape index (κ1) is 17.6. The van der Waals surface area contributed by atoms with Crippen molar-refractivity contribution in [2.45, 2.75) is 6.92 Å². The van der Waals surface area contributed by atoms with E-state index in [0.717, 1.165) is 5.56 Å². The molecule has 0 fully saturated rings. The summed E-state index contributed by atoms with van der Waals surface area (Å²) in [6.45, 7) is 1.87. The van der Waals surface area contributed by atoms with Gasteiger partial charge in [-0.05, 0) is 42.3 Å². The van der Waals surface area contributed by atoms with Crippen molar-refractivity contribution in [3.63, 3.8) is 0 Å². The first-order valence-electron chi connectivity index (χ1n) is 7.01. The maximum atomic E-state index is 12.3. The third kappa shape index (κ3) is 3.94. The molecule has 0 unspecified atom stereocenters. The molecule has 0 aliphatic carbocycles. The van der Waals surface area contributed by atoms with E-state index in [2.05, 4.69) is 21.2 Å². The van der Waals surface area contributed by atoms with Gasteiger partial charge in [0.15, 0.2) is 11.5 Å². The van der Waals surface area contributed by atoms with Crippen LogP contribution in [0.25, 0.3) is 6.08 Å². The monoisotopic (exact) mass is 386 g/mol. The van der Waals surface area contributed by atoms with Crippen LogP contribution in [0.2, 0.25) is 0 Å². The summed E-state index contributed by atoms with van der Waals surface area (Å²) in [5.74, 6) is -0.295. The molecule has 0 atom stereocenters. The largest absolute Gasteiger partial charge is 0.504 e. The van der Waals surface area contributed by atoms with Crippen molar-refractivity contribution in [2.24, 2.45) is 0 Å². The number of phenolic OH excluding ortho intramolecular Hbond substituents is 1. The quantitative estimate of drug-likeness (QED) is 0.613. The highest BCUT2D eigenvalue weighted by Crippen LogP contribution is 2.33. The Balaban J connectivity index is 2.34. The molecule has 24 heavy (non-hydrogen) atoms. The maximum absolute atomic E-state index is 12.3. The Bertz CT molecular complexity index is 854. The van der Waals surface area contributed by atoms with Crippen LogP contribution in [-0.4, -0.2) is 18.1 Å². The molecule has 1 amide bonds. The summed E-state index contributed by atoms with van der Waals surface area (Å²) in [6.07, 6.45) is 1.43. The van der Waals surface area contributed by atoms with E-state index in [1.54, 1.807) is 12.1 Å². The van der Waals surface area contributed by atoms with Crippen LogP contribution in [0.1, 0.15) is 11.1 Å². The molecule has 0 spiro atoms. The minimum absolute atomic E-state index is 0.0376. The number of carbonyl (C=O) groups excluding carboxylic acids is 1. The van der Waals surface area contributed by atoms with E-state index in [1.165, 1.54) is 25.3 Å². The second-order valence-corrected chi connectivity index (χ2v) is 5.84. The fourth-order valence-corrected chi connectivity index (χ4v) is 2.49. The van der Waals surface area contributed by atoms with E-state index in [9.17, 15) is 15.2 Å². The summed E-state index contributed by atoms with van der Waals surface area (Å²) in [6, 6.07) is 12.2. The van der Waals surface area contributed by atoms with Gasteiger partial charge in [0, 0.05) is 10.2 Å². The van der Waals surface area contributed by atoms with Gasteiger partial charge < -0.3 is 15.2 Å². The van der Waals surface area contributed by atoms with E-state index < -0.39 is 5.91 Å². The summed E-state index contributed by atoms with van der Waals surface area (Å²) in [5.41, 5.74) is 2.02. The number of carbonyl (C=O) groups is 1.